The number of allylic oxidation sites excluding steroid dienone is 1. The van der Waals surface area contributed by atoms with Crippen LogP contribution in [-0.4, -0.2) is 24.5 Å². The van der Waals surface area contributed by atoms with Gasteiger partial charge in [-0.05, 0) is 60.2 Å². The molecule has 164 valence electrons. The second-order valence-corrected chi connectivity index (χ2v) is 7.71. The number of carbonyl (C=O) groups excluding carboxylic acids is 1. The van der Waals surface area contributed by atoms with Crippen LogP contribution in [0.3, 0.4) is 0 Å². The number of hydrogen-bond acceptors (Lipinski definition) is 5. The first kappa shape index (κ1) is 21.4. The van der Waals surface area contributed by atoms with E-state index in [1.165, 1.54) is 16.7 Å². The number of primary amides is 1. The van der Waals surface area contributed by atoms with Crippen molar-refractivity contribution in [2.45, 2.75) is 19.8 Å². The molecular weight excluding hydrogens is 407 g/mol. The largest absolute Gasteiger partial charge is 0.497 e. The highest BCUT2D eigenvalue weighted by Crippen LogP contribution is 2.30. The van der Waals surface area contributed by atoms with Gasteiger partial charge in [0.25, 0.3) is 5.91 Å². The number of pyridine rings is 1. The lowest BCUT2D eigenvalue weighted by molar-refractivity contribution is 0.100. The van der Waals surface area contributed by atoms with Crippen molar-refractivity contribution in [1.82, 2.24) is 4.98 Å². The summed E-state index contributed by atoms with van der Waals surface area (Å²) in [5.74, 6) is -0.507. The number of nitrogens with two attached hydrogens (primary N) is 1. The molecule has 1 heterocycles. The maximum atomic E-state index is 14.7. The summed E-state index contributed by atoms with van der Waals surface area (Å²) in [6, 6.07) is 14.9. The van der Waals surface area contributed by atoms with E-state index in [2.05, 4.69) is 33.8 Å². The summed E-state index contributed by atoms with van der Waals surface area (Å²) < 4.78 is 19.9. The van der Waals surface area contributed by atoms with Crippen molar-refractivity contribution in [2.24, 2.45) is 5.73 Å². The molecule has 1 aliphatic rings. The van der Waals surface area contributed by atoms with E-state index in [1.807, 2.05) is 31.2 Å². The Labute approximate surface area is 186 Å². The highest BCUT2D eigenvalue weighted by Gasteiger charge is 2.17. The van der Waals surface area contributed by atoms with Gasteiger partial charge in [0, 0.05) is 18.3 Å². The van der Waals surface area contributed by atoms with Crippen LogP contribution >= 0.6 is 0 Å². The topological polar surface area (TPSA) is 89.3 Å². The van der Waals surface area contributed by atoms with E-state index in [9.17, 15) is 9.18 Å². The number of amides is 1. The zero-order chi connectivity index (χ0) is 22.7. The SMILES string of the molecule is COc1cc(C)cc(Nc2nc(NCCC3=CCc4ccccc43)c(F)cc2C(N)=O)c1. The van der Waals surface area contributed by atoms with E-state index < -0.39 is 11.7 Å². The molecule has 7 heteroatoms. The molecule has 0 fully saturated rings. The van der Waals surface area contributed by atoms with Crippen LogP contribution in [0.1, 0.15) is 33.5 Å². The van der Waals surface area contributed by atoms with Crippen LogP contribution in [0.4, 0.5) is 21.7 Å². The fraction of sp³-hybridized carbons (Fsp3) is 0.200. The van der Waals surface area contributed by atoms with Gasteiger partial charge in [0.15, 0.2) is 11.6 Å². The fourth-order valence-corrected chi connectivity index (χ4v) is 3.88. The summed E-state index contributed by atoms with van der Waals surface area (Å²) in [5, 5.41) is 6.12. The van der Waals surface area contributed by atoms with Gasteiger partial charge in [-0.1, -0.05) is 30.3 Å². The number of nitrogens with zero attached hydrogens (tertiary/aromatic N) is 1. The van der Waals surface area contributed by atoms with Crippen molar-refractivity contribution in [2.75, 3.05) is 24.3 Å². The molecule has 0 saturated carbocycles. The molecule has 4 rings (SSSR count). The number of aryl methyl sites for hydroxylation is 1. The third-order valence-corrected chi connectivity index (χ3v) is 5.41. The summed E-state index contributed by atoms with van der Waals surface area (Å²) in [7, 11) is 1.57. The Morgan fingerprint density at radius 1 is 1.19 bits per heavy atom. The number of halogens is 1. The molecular formula is C25H25FN4O2. The van der Waals surface area contributed by atoms with Crippen LogP contribution in [0, 0.1) is 12.7 Å². The molecule has 0 radical (unpaired) electrons. The molecule has 0 unspecified atom stereocenters. The number of nitrogens with one attached hydrogen (secondary N) is 2. The third kappa shape index (κ3) is 4.56. The summed E-state index contributed by atoms with van der Waals surface area (Å²) in [6.45, 7) is 2.42. The number of aromatic nitrogens is 1. The predicted octanol–water partition coefficient (Wildman–Crippen LogP) is 4.82. The molecule has 0 atom stereocenters. The van der Waals surface area contributed by atoms with E-state index in [1.54, 1.807) is 13.2 Å². The first-order valence-corrected chi connectivity index (χ1v) is 10.4. The second-order valence-electron chi connectivity index (χ2n) is 7.71. The molecule has 3 aromatic rings. The van der Waals surface area contributed by atoms with Crippen LogP contribution < -0.4 is 21.1 Å². The van der Waals surface area contributed by atoms with Gasteiger partial charge in [-0.2, -0.15) is 0 Å². The highest BCUT2D eigenvalue weighted by atomic mass is 19.1. The Balaban J connectivity index is 1.53. The van der Waals surface area contributed by atoms with Gasteiger partial charge in [0.1, 0.15) is 11.6 Å². The zero-order valence-corrected chi connectivity index (χ0v) is 18.0. The molecule has 0 bridgehead atoms. The molecule has 0 aliphatic heterocycles. The first-order valence-electron chi connectivity index (χ1n) is 10.4. The van der Waals surface area contributed by atoms with Crippen LogP contribution in [0.5, 0.6) is 5.75 Å². The highest BCUT2D eigenvalue weighted by molar-refractivity contribution is 5.98. The van der Waals surface area contributed by atoms with Crippen LogP contribution in [-0.2, 0) is 6.42 Å². The molecule has 1 amide bonds. The first-order chi connectivity index (χ1) is 15.4. The van der Waals surface area contributed by atoms with Gasteiger partial charge in [0.2, 0.25) is 0 Å². The maximum absolute atomic E-state index is 14.7. The van der Waals surface area contributed by atoms with E-state index in [0.717, 1.165) is 24.5 Å². The number of methoxy groups -OCH3 is 1. The summed E-state index contributed by atoms with van der Waals surface area (Å²) in [6.07, 6.45) is 3.84. The number of carbonyl (C=O) groups is 1. The second kappa shape index (κ2) is 9.09. The van der Waals surface area contributed by atoms with Gasteiger partial charge in [0.05, 0.1) is 12.7 Å². The summed E-state index contributed by atoms with van der Waals surface area (Å²) in [4.78, 5) is 16.2. The van der Waals surface area contributed by atoms with E-state index in [-0.39, 0.29) is 17.2 Å². The van der Waals surface area contributed by atoms with Crippen molar-refractivity contribution >= 4 is 28.8 Å². The van der Waals surface area contributed by atoms with Gasteiger partial charge in [-0.15, -0.1) is 0 Å². The Morgan fingerprint density at radius 2 is 2.00 bits per heavy atom. The number of benzene rings is 2. The Morgan fingerprint density at radius 3 is 2.78 bits per heavy atom. The van der Waals surface area contributed by atoms with Gasteiger partial charge < -0.3 is 21.1 Å². The van der Waals surface area contributed by atoms with Gasteiger partial charge in [-0.3, -0.25) is 4.79 Å². The molecule has 0 spiro atoms. The summed E-state index contributed by atoms with van der Waals surface area (Å²) in [5.41, 5.74) is 10.8. The predicted molar refractivity (Wildman–Crippen MR) is 125 cm³/mol. The minimum absolute atomic E-state index is 0.0269. The molecule has 32 heavy (non-hydrogen) atoms. The van der Waals surface area contributed by atoms with E-state index >= 15 is 0 Å². The Bertz CT molecular complexity index is 1210. The number of ether oxygens (including phenoxy) is 1. The quantitative estimate of drug-likeness (QED) is 0.475. The van der Waals surface area contributed by atoms with Crippen molar-refractivity contribution in [3.63, 3.8) is 0 Å². The van der Waals surface area contributed by atoms with Crippen molar-refractivity contribution in [3.8, 4) is 5.75 Å². The maximum Gasteiger partial charge on any atom is 0.252 e. The van der Waals surface area contributed by atoms with Crippen LogP contribution in [0.15, 0.2) is 54.6 Å². The molecule has 1 aliphatic carbocycles. The number of hydrogen-bond donors (Lipinski definition) is 3. The normalized spacial score (nSPS) is 12.2. The van der Waals surface area contributed by atoms with E-state index in [0.29, 0.717) is 18.0 Å². The molecule has 2 aromatic carbocycles. The minimum atomic E-state index is -0.766. The van der Waals surface area contributed by atoms with Crippen molar-refractivity contribution in [1.29, 1.82) is 0 Å². The van der Waals surface area contributed by atoms with Crippen molar-refractivity contribution in [3.05, 3.63) is 82.7 Å². The molecule has 0 saturated heterocycles. The standard InChI is InChI=1S/C25H25FN4O2/c1-15-11-18(13-19(12-15)32-2)29-24-21(23(27)31)14-22(26)25(30-24)28-10-9-17-8-7-16-5-3-4-6-20(16)17/h3-6,8,11-14H,7,9-10H2,1-2H3,(H2,27,31)(H2,28,29,30). The van der Waals surface area contributed by atoms with Gasteiger partial charge in [-0.25, -0.2) is 9.37 Å². The number of fused-ring (bicyclic) bond motifs is 1. The Hall–Kier alpha value is -3.87. The molecule has 1 aromatic heterocycles. The number of anilines is 3. The lowest BCUT2D eigenvalue weighted by Gasteiger charge is -2.15. The fourth-order valence-electron chi connectivity index (χ4n) is 3.88. The smallest absolute Gasteiger partial charge is 0.252 e. The Kier molecular flexibility index (Phi) is 6.07. The third-order valence-electron chi connectivity index (χ3n) is 5.41. The average molecular weight is 432 g/mol. The van der Waals surface area contributed by atoms with Crippen molar-refractivity contribution < 1.29 is 13.9 Å². The number of rotatable bonds is 8. The average Bonchev–Trinajstić information content (AvgIpc) is 3.18. The van der Waals surface area contributed by atoms with Gasteiger partial charge >= 0.3 is 0 Å². The molecule has 6 nitrogen and oxygen atoms in total. The summed E-state index contributed by atoms with van der Waals surface area (Å²) >= 11 is 0. The minimum Gasteiger partial charge on any atom is -0.497 e. The lowest BCUT2D eigenvalue weighted by Crippen LogP contribution is -2.16. The van der Waals surface area contributed by atoms with Crippen LogP contribution in [0.25, 0.3) is 5.57 Å². The molecule has 4 N–H and O–H groups in total. The van der Waals surface area contributed by atoms with Crippen LogP contribution in [0.2, 0.25) is 0 Å². The lowest BCUT2D eigenvalue weighted by atomic mass is 10.0. The van der Waals surface area contributed by atoms with E-state index in [4.69, 9.17) is 10.5 Å². The monoisotopic (exact) mass is 432 g/mol. The zero-order valence-electron chi connectivity index (χ0n) is 18.0.